The van der Waals surface area contributed by atoms with Crippen molar-refractivity contribution in [3.8, 4) is 44.9 Å². The van der Waals surface area contributed by atoms with Gasteiger partial charge < -0.3 is 10.2 Å². The molecule has 8 heteroatoms. The standard InChI is InChI=1S/C48H24B6O2/c49-41-37-35(30-12-5-11-26(21-30)28-16-15-23-7-1-2-8-24(23)19-28)40-39(43(51)48(56)46(54)47(40)55)36(38(37)42(50)45(53)44(41)52)33-14-6-13-31-32(33)18-17-29-20-25-9-3-4-10-27(25)22-34(29)31/h1-22,55-56H. The van der Waals surface area contributed by atoms with Crippen LogP contribution in [0.3, 0.4) is 0 Å². The highest BCUT2D eigenvalue weighted by atomic mass is 16.3. The molecule has 246 valence electrons. The van der Waals surface area contributed by atoms with Gasteiger partial charge in [-0.1, -0.05) is 120 Å². The zero-order valence-electron chi connectivity index (χ0n) is 30.1. The van der Waals surface area contributed by atoms with E-state index < -0.39 is 5.75 Å². The van der Waals surface area contributed by atoms with E-state index in [1.165, 1.54) is 0 Å². The van der Waals surface area contributed by atoms with Crippen LogP contribution >= 0.6 is 0 Å². The quantitative estimate of drug-likeness (QED) is 0.140. The zero-order chi connectivity index (χ0) is 38.6. The summed E-state index contributed by atoms with van der Waals surface area (Å²) in [5.74, 6) is -0.801. The molecule has 0 saturated heterocycles. The Bertz CT molecular complexity index is 3280. The van der Waals surface area contributed by atoms with Crippen molar-refractivity contribution in [1.29, 1.82) is 0 Å². The van der Waals surface area contributed by atoms with Crippen molar-refractivity contribution < 1.29 is 10.2 Å². The molecule has 0 aliphatic heterocycles. The molecule has 0 aliphatic rings. The smallest absolute Gasteiger partial charge is 0.124 e. The predicted molar refractivity (Wildman–Crippen MR) is 243 cm³/mol. The Balaban J connectivity index is 1.38. The summed E-state index contributed by atoms with van der Waals surface area (Å²) in [7, 11) is 40.7. The Morgan fingerprint density at radius 3 is 1.61 bits per heavy atom. The molecule has 0 bridgehead atoms. The van der Waals surface area contributed by atoms with Crippen molar-refractivity contribution >= 4 is 144 Å². The fourth-order valence-electron chi connectivity index (χ4n) is 8.65. The first-order valence-corrected chi connectivity index (χ1v) is 18.2. The topological polar surface area (TPSA) is 40.5 Å². The molecule has 10 aromatic rings. The van der Waals surface area contributed by atoms with E-state index in [9.17, 15) is 10.2 Å². The van der Waals surface area contributed by atoms with E-state index in [0.717, 1.165) is 59.8 Å². The van der Waals surface area contributed by atoms with Gasteiger partial charge in [0.05, 0.1) is 0 Å². The van der Waals surface area contributed by atoms with Crippen LogP contribution in [0, 0.1) is 0 Å². The average molecular weight is 698 g/mol. The lowest BCUT2D eigenvalue weighted by Crippen LogP contribution is -2.48. The molecule has 2 N–H and O–H groups in total. The number of hydrogen-bond donors (Lipinski definition) is 2. The molecular weight excluding hydrogens is 673 g/mol. The maximum Gasteiger partial charge on any atom is 0.124 e. The third-order valence-electron chi connectivity index (χ3n) is 11.4. The molecule has 0 aromatic heterocycles. The van der Waals surface area contributed by atoms with E-state index in [4.69, 9.17) is 47.1 Å². The van der Waals surface area contributed by atoms with Gasteiger partial charge in [-0.2, -0.15) is 0 Å². The molecule has 2 nitrogen and oxygen atoms in total. The second-order valence-electron chi connectivity index (χ2n) is 14.5. The average Bonchev–Trinajstić information content (AvgIpc) is 3.24. The van der Waals surface area contributed by atoms with Gasteiger partial charge in [-0.05, 0) is 122 Å². The number of phenols is 2. The fourth-order valence-corrected chi connectivity index (χ4v) is 8.65. The Kier molecular flexibility index (Phi) is 7.74. The van der Waals surface area contributed by atoms with Gasteiger partial charge in [0.15, 0.2) is 0 Å². The van der Waals surface area contributed by atoms with Crippen LogP contribution in [0.25, 0.3) is 98.0 Å². The van der Waals surface area contributed by atoms with Crippen LogP contribution in [-0.4, -0.2) is 57.3 Å². The summed E-state index contributed by atoms with van der Waals surface area (Å²) >= 11 is 0. The summed E-state index contributed by atoms with van der Waals surface area (Å²) in [4.78, 5) is 0. The zero-order valence-corrected chi connectivity index (χ0v) is 30.1. The molecule has 0 amide bonds. The molecule has 0 unspecified atom stereocenters. The summed E-state index contributed by atoms with van der Waals surface area (Å²) < 4.78 is 0. The van der Waals surface area contributed by atoms with Crippen molar-refractivity contribution in [2.75, 3.05) is 0 Å². The van der Waals surface area contributed by atoms with Gasteiger partial charge in [0.25, 0.3) is 0 Å². The van der Waals surface area contributed by atoms with Crippen LogP contribution in [0.4, 0.5) is 0 Å². The Hall–Kier alpha value is -6.25. The molecule has 0 aliphatic carbocycles. The number of phenolic OH excluding ortho intramolecular Hbond substituents is 2. The van der Waals surface area contributed by atoms with Gasteiger partial charge in [0, 0.05) is 10.9 Å². The monoisotopic (exact) mass is 698 g/mol. The molecule has 10 aromatic carbocycles. The normalized spacial score (nSPS) is 11.8. The highest BCUT2D eigenvalue weighted by molar-refractivity contribution is 6.68. The molecule has 0 heterocycles. The predicted octanol–water partition coefficient (Wildman–Crippen LogP) is 5.78. The Labute approximate surface area is 331 Å². The second-order valence-corrected chi connectivity index (χ2v) is 14.5. The molecule has 0 spiro atoms. The van der Waals surface area contributed by atoms with E-state index in [1.807, 2.05) is 60.7 Å². The number of hydrogen-bond acceptors (Lipinski definition) is 2. The van der Waals surface area contributed by atoms with Gasteiger partial charge in [-0.3, -0.25) is 0 Å². The van der Waals surface area contributed by atoms with E-state index in [-0.39, 0.29) is 43.9 Å². The molecule has 0 saturated carbocycles. The third kappa shape index (κ3) is 4.91. The summed E-state index contributed by atoms with van der Waals surface area (Å²) in [6, 6.07) is 45.2. The summed E-state index contributed by atoms with van der Waals surface area (Å²) in [5.41, 5.74) is 4.64. The van der Waals surface area contributed by atoms with Crippen molar-refractivity contribution in [3.05, 3.63) is 133 Å². The summed E-state index contributed by atoms with van der Waals surface area (Å²) in [5, 5.41) is 33.6. The van der Waals surface area contributed by atoms with Gasteiger partial charge in [-0.25, -0.2) is 0 Å². The fraction of sp³-hybridized carbons (Fsp3) is 0. The van der Waals surface area contributed by atoms with Crippen LogP contribution in [0.15, 0.2) is 133 Å². The number of rotatable bonds is 3. The third-order valence-corrected chi connectivity index (χ3v) is 11.4. The number of benzene rings is 10. The first kappa shape index (κ1) is 34.3. The summed E-state index contributed by atoms with van der Waals surface area (Å²) in [6.45, 7) is 0. The Morgan fingerprint density at radius 1 is 0.304 bits per heavy atom. The van der Waals surface area contributed by atoms with Gasteiger partial charge >= 0.3 is 0 Å². The lowest BCUT2D eigenvalue weighted by atomic mass is 9.62. The molecule has 56 heavy (non-hydrogen) atoms. The van der Waals surface area contributed by atoms with Crippen molar-refractivity contribution in [2.45, 2.75) is 0 Å². The molecule has 10 rings (SSSR count). The maximum absolute atomic E-state index is 12.1. The van der Waals surface area contributed by atoms with Crippen LogP contribution < -0.4 is 32.8 Å². The maximum atomic E-state index is 12.1. The molecule has 0 atom stereocenters. The lowest BCUT2D eigenvalue weighted by molar-refractivity contribution is 0.465. The van der Waals surface area contributed by atoms with E-state index >= 15 is 0 Å². The SMILES string of the molecule is [B]c1c([B])c([B])c2c(-c3cccc(-c4ccc5ccccc5c4)c3)c3c(O)c([B])c(O)c([B])c3c(-c3cccc4c3ccc3cc5ccccc5cc34)c2c1[B]. The van der Waals surface area contributed by atoms with E-state index in [2.05, 4.69) is 72.8 Å². The highest BCUT2D eigenvalue weighted by Crippen LogP contribution is 2.47. The van der Waals surface area contributed by atoms with E-state index in [0.29, 0.717) is 32.8 Å². The van der Waals surface area contributed by atoms with Crippen molar-refractivity contribution in [3.63, 3.8) is 0 Å². The highest BCUT2D eigenvalue weighted by Gasteiger charge is 2.27. The minimum absolute atomic E-state index is 0.0312. The lowest BCUT2D eigenvalue weighted by Gasteiger charge is -2.27. The van der Waals surface area contributed by atoms with Gasteiger partial charge in [0.2, 0.25) is 0 Å². The Morgan fingerprint density at radius 2 is 0.875 bits per heavy atom. The van der Waals surface area contributed by atoms with Gasteiger partial charge in [-0.15, -0.1) is 10.9 Å². The van der Waals surface area contributed by atoms with Crippen LogP contribution in [-0.2, 0) is 0 Å². The van der Waals surface area contributed by atoms with Crippen molar-refractivity contribution in [1.82, 2.24) is 0 Å². The molecule has 12 radical (unpaired) electrons. The van der Waals surface area contributed by atoms with E-state index in [1.54, 1.807) is 0 Å². The number of fused-ring (bicyclic) bond motifs is 7. The molecule has 0 fully saturated rings. The van der Waals surface area contributed by atoms with Crippen LogP contribution in [0.1, 0.15) is 0 Å². The summed E-state index contributed by atoms with van der Waals surface area (Å²) in [6.07, 6.45) is 0. The number of aromatic hydroxyl groups is 2. The molecular formula is C48H24B6O2. The van der Waals surface area contributed by atoms with Crippen LogP contribution in [0.2, 0.25) is 0 Å². The van der Waals surface area contributed by atoms with Gasteiger partial charge in [0.1, 0.15) is 58.6 Å². The minimum Gasteiger partial charge on any atom is -0.509 e. The van der Waals surface area contributed by atoms with Crippen molar-refractivity contribution in [2.24, 2.45) is 0 Å². The largest absolute Gasteiger partial charge is 0.509 e. The first-order chi connectivity index (χ1) is 27.1. The first-order valence-electron chi connectivity index (χ1n) is 18.2. The second kappa shape index (κ2) is 12.6. The minimum atomic E-state index is -0.446. The van der Waals surface area contributed by atoms with Crippen LogP contribution in [0.5, 0.6) is 11.5 Å².